The number of thioether (sulfide) groups is 1. The summed E-state index contributed by atoms with van der Waals surface area (Å²) in [5, 5.41) is 1.21. The highest BCUT2D eigenvalue weighted by Crippen LogP contribution is 2.39. The fraction of sp³-hybridized carbons (Fsp3) is 0.176. The molecule has 0 fully saturated rings. The maximum absolute atomic E-state index is 6.05. The van der Waals surface area contributed by atoms with E-state index in [-0.39, 0.29) is 0 Å². The first-order chi connectivity index (χ1) is 9.19. The van der Waals surface area contributed by atoms with E-state index in [2.05, 4.69) is 62.6 Å². The van der Waals surface area contributed by atoms with Gasteiger partial charge in [0.15, 0.2) is 0 Å². The van der Waals surface area contributed by atoms with Crippen molar-refractivity contribution in [2.45, 2.75) is 18.7 Å². The Morgan fingerprint density at radius 2 is 1.58 bits per heavy atom. The molecule has 19 heavy (non-hydrogen) atoms. The van der Waals surface area contributed by atoms with Crippen LogP contribution in [0.3, 0.4) is 0 Å². The summed E-state index contributed by atoms with van der Waals surface area (Å²) >= 11 is 1.75. The van der Waals surface area contributed by atoms with Gasteiger partial charge in [0, 0.05) is 10.9 Å². The maximum atomic E-state index is 6.05. The molecule has 0 saturated heterocycles. The predicted molar refractivity (Wildman–Crippen MR) is 82.9 cm³/mol. The van der Waals surface area contributed by atoms with Gasteiger partial charge < -0.3 is 4.42 Å². The average molecular weight is 268 g/mol. The summed E-state index contributed by atoms with van der Waals surface area (Å²) in [4.78, 5) is 1.22. The number of aryl methyl sites for hydroxylation is 2. The van der Waals surface area contributed by atoms with Crippen LogP contribution in [-0.2, 0) is 0 Å². The minimum atomic E-state index is 0.963. The zero-order valence-corrected chi connectivity index (χ0v) is 12.2. The van der Waals surface area contributed by atoms with Crippen molar-refractivity contribution < 1.29 is 4.42 Å². The van der Waals surface area contributed by atoms with Crippen molar-refractivity contribution in [1.82, 2.24) is 0 Å². The van der Waals surface area contributed by atoms with Crippen LogP contribution in [0.2, 0.25) is 0 Å². The molecule has 1 nitrogen and oxygen atoms in total. The summed E-state index contributed by atoms with van der Waals surface area (Å²) in [5.41, 5.74) is 4.63. The predicted octanol–water partition coefficient (Wildman–Crippen LogP) is 5.44. The molecule has 2 aromatic carbocycles. The van der Waals surface area contributed by atoms with Gasteiger partial charge in [0.25, 0.3) is 0 Å². The Hall–Kier alpha value is -1.67. The molecule has 0 saturated carbocycles. The van der Waals surface area contributed by atoms with Crippen LogP contribution in [0.25, 0.3) is 22.3 Å². The lowest BCUT2D eigenvalue weighted by atomic mass is 10.1. The molecule has 0 radical (unpaired) electrons. The highest BCUT2D eigenvalue weighted by Gasteiger charge is 2.15. The van der Waals surface area contributed by atoms with Gasteiger partial charge >= 0.3 is 0 Å². The second-order valence-corrected chi connectivity index (χ2v) is 5.65. The number of benzene rings is 2. The quantitative estimate of drug-likeness (QED) is 0.574. The van der Waals surface area contributed by atoms with Crippen LogP contribution >= 0.6 is 11.8 Å². The SMILES string of the molecule is CSc1c(-c2ccc(C)cc2)oc2ccc(C)cc12. The lowest BCUT2D eigenvalue weighted by molar-refractivity contribution is 0.625. The first kappa shape index (κ1) is 12.4. The Kier molecular flexibility index (Phi) is 3.11. The molecule has 96 valence electrons. The first-order valence-corrected chi connectivity index (χ1v) is 7.55. The molecule has 0 spiro atoms. The fourth-order valence-electron chi connectivity index (χ4n) is 2.29. The van der Waals surface area contributed by atoms with Gasteiger partial charge in [-0.25, -0.2) is 0 Å². The smallest absolute Gasteiger partial charge is 0.148 e. The maximum Gasteiger partial charge on any atom is 0.148 e. The van der Waals surface area contributed by atoms with Gasteiger partial charge in [-0.15, -0.1) is 11.8 Å². The van der Waals surface area contributed by atoms with Crippen molar-refractivity contribution in [3.05, 3.63) is 53.6 Å². The summed E-state index contributed by atoms with van der Waals surface area (Å²) in [5.74, 6) is 0.980. The molecular weight excluding hydrogens is 252 g/mol. The molecule has 0 bridgehead atoms. The van der Waals surface area contributed by atoms with Crippen molar-refractivity contribution in [1.29, 1.82) is 0 Å². The first-order valence-electron chi connectivity index (χ1n) is 6.33. The van der Waals surface area contributed by atoms with Crippen LogP contribution in [0, 0.1) is 13.8 Å². The fourth-order valence-corrected chi connectivity index (χ4v) is 3.01. The molecule has 0 aliphatic rings. The summed E-state index contributed by atoms with van der Waals surface area (Å²) < 4.78 is 6.05. The average Bonchev–Trinajstić information content (AvgIpc) is 2.77. The van der Waals surface area contributed by atoms with E-state index in [0.717, 1.165) is 16.9 Å². The highest BCUT2D eigenvalue weighted by molar-refractivity contribution is 7.99. The van der Waals surface area contributed by atoms with Crippen LogP contribution in [0.15, 0.2) is 51.8 Å². The number of furan rings is 1. The standard InChI is InChI=1S/C17H16OS/c1-11-4-7-13(8-5-11)16-17(19-3)14-10-12(2)6-9-15(14)18-16/h4-10H,1-3H3. The molecule has 0 aliphatic carbocycles. The molecular formula is C17H16OS. The molecule has 0 atom stereocenters. The zero-order chi connectivity index (χ0) is 13.4. The van der Waals surface area contributed by atoms with Gasteiger partial charge in [-0.1, -0.05) is 41.5 Å². The lowest BCUT2D eigenvalue weighted by Gasteiger charge is -2.01. The van der Waals surface area contributed by atoms with Crippen LogP contribution in [0.4, 0.5) is 0 Å². The van der Waals surface area contributed by atoms with Gasteiger partial charge in [0.1, 0.15) is 11.3 Å². The van der Waals surface area contributed by atoms with Crippen molar-refractivity contribution in [3.63, 3.8) is 0 Å². The van der Waals surface area contributed by atoms with Crippen molar-refractivity contribution in [2.24, 2.45) is 0 Å². The topological polar surface area (TPSA) is 13.1 Å². The minimum absolute atomic E-state index is 0.963. The zero-order valence-electron chi connectivity index (χ0n) is 11.4. The van der Waals surface area contributed by atoms with Gasteiger partial charge in [-0.2, -0.15) is 0 Å². The second-order valence-electron chi connectivity index (χ2n) is 4.83. The molecule has 3 rings (SSSR count). The Balaban J connectivity index is 2.25. The van der Waals surface area contributed by atoms with Gasteiger partial charge in [0.2, 0.25) is 0 Å². The van der Waals surface area contributed by atoms with E-state index >= 15 is 0 Å². The normalized spacial score (nSPS) is 11.1. The van der Waals surface area contributed by atoms with Crippen molar-refractivity contribution in [2.75, 3.05) is 6.26 Å². The highest BCUT2D eigenvalue weighted by atomic mass is 32.2. The monoisotopic (exact) mass is 268 g/mol. The van der Waals surface area contributed by atoms with E-state index in [9.17, 15) is 0 Å². The molecule has 0 amide bonds. The molecule has 1 heterocycles. The summed E-state index contributed by atoms with van der Waals surface area (Å²) in [6.07, 6.45) is 2.10. The van der Waals surface area contributed by atoms with Gasteiger partial charge in [-0.3, -0.25) is 0 Å². The number of fused-ring (bicyclic) bond motifs is 1. The lowest BCUT2D eigenvalue weighted by Crippen LogP contribution is -1.78. The van der Waals surface area contributed by atoms with E-state index in [1.54, 1.807) is 11.8 Å². The summed E-state index contributed by atoms with van der Waals surface area (Å²) in [7, 11) is 0. The van der Waals surface area contributed by atoms with Crippen LogP contribution in [0.5, 0.6) is 0 Å². The Bertz CT molecular complexity index is 723. The van der Waals surface area contributed by atoms with Gasteiger partial charge in [0.05, 0.1) is 4.90 Å². The Morgan fingerprint density at radius 1 is 0.895 bits per heavy atom. The van der Waals surface area contributed by atoms with Crippen molar-refractivity contribution >= 4 is 22.7 Å². The summed E-state index contributed by atoms with van der Waals surface area (Å²) in [6.45, 7) is 4.21. The van der Waals surface area contributed by atoms with Crippen LogP contribution in [0.1, 0.15) is 11.1 Å². The molecule has 0 aliphatic heterocycles. The molecule has 0 N–H and O–H groups in total. The Labute approximate surface area is 117 Å². The molecule has 0 unspecified atom stereocenters. The van der Waals surface area contributed by atoms with Crippen LogP contribution in [-0.4, -0.2) is 6.26 Å². The molecule has 1 aromatic heterocycles. The number of rotatable bonds is 2. The molecule has 2 heteroatoms. The Morgan fingerprint density at radius 3 is 2.26 bits per heavy atom. The van der Waals surface area contributed by atoms with Crippen molar-refractivity contribution in [3.8, 4) is 11.3 Å². The van der Waals surface area contributed by atoms with Crippen LogP contribution < -0.4 is 0 Å². The van der Waals surface area contributed by atoms with Gasteiger partial charge in [-0.05, 0) is 32.2 Å². The summed E-state index contributed by atoms with van der Waals surface area (Å²) in [6, 6.07) is 14.8. The van der Waals surface area contributed by atoms with E-state index in [1.165, 1.54) is 21.4 Å². The largest absolute Gasteiger partial charge is 0.455 e. The third-order valence-corrected chi connectivity index (χ3v) is 4.13. The minimum Gasteiger partial charge on any atom is -0.455 e. The van der Waals surface area contributed by atoms with E-state index < -0.39 is 0 Å². The molecule has 3 aromatic rings. The third-order valence-electron chi connectivity index (χ3n) is 3.32. The number of hydrogen-bond donors (Lipinski definition) is 0. The van der Waals surface area contributed by atoms with E-state index in [4.69, 9.17) is 4.42 Å². The van der Waals surface area contributed by atoms with E-state index in [1.807, 2.05) is 0 Å². The van der Waals surface area contributed by atoms with E-state index in [0.29, 0.717) is 0 Å². The third kappa shape index (κ3) is 2.17. The number of hydrogen-bond acceptors (Lipinski definition) is 2. The second kappa shape index (κ2) is 4.78.